The monoisotopic (exact) mass is 299 g/mol. The summed E-state index contributed by atoms with van der Waals surface area (Å²) in [6, 6.07) is 10.2. The third-order valence-corrected chi connectivity index (χ3v) is 4.47. The molecule has 0 saturated carbocycles. The van der Waals surface area contributed by atoms with Crippen LogP contribution in [0.4, 0.5) is 4.39 Å². The first-order valence-corrected chi connectivity index (χ1v) is 7.37. The van der Waals surface area contributed by atoms with Crippen LogP contribution in [0.15, 0.2) is 42.6 Å². The van der Waals surface area contributed by atoms with Crippen molar-refractivity contribution < 1.29 is 13.7 Å². The van der Waals surface area contributed by atoms with Crippen molar-refractivity contribution in [1.29, 1.82) is 0 Å². The minimum Gasteiger partial charge on any atom is -0.398 e. The lowest BCUT2D eigenvalue weighted by atomic mass is 9.79. The fourth-order valence-corrected chi connectivity index (χ4v) is 2.43. The molecule has 22 heavy (non-hydrogen) atoms. The van der Waals surface area contributed by atoms with Gasteiger partial charge in [-0.1, -0.05) is 18.2 Å². The van der Waals surface area contributed by atoms with Gasteiger partial charge in [0.05, 0.1) is 16.8 Å². The number of pyridine rings is 1. The van der Waals surface area contributed by atoms with Crippen molar-refractivity contribution in [2.75, 3.05) is 0 Å². The number of rotatable bonds is 2. The summed E-state index contributed by atoms with van der Waals surface area (Å²) >= 11 is 0. The lowest BCUT2D eigenvalue weighted by Gasteiger charge is -2.32. The quantitative estimate of drug-likeness (QED) is 0.798. The van der Waals surface area contributed by atoms with Crippen molar-refractivity contribution in [1.82, 2.24) is 4.98 Å². The molecule has 0 bridgehead atoms. The van der Waals surface area contributed by atoms with Crippen LogP contribution in [-0.2, 0) is 9.31 Å². The number of halogens is 1. The van der Waals surface area contributed by atoms with Gasteiger partial charge >= 0.3 is 7.12 Å². The van der Waals surface area contributed by atoms with E-state index in [4.69, 9.17) is 9.31 Å². The highest BCUT2D eigenvalue weighted by Crippen LogP contribution is 2.37. The second-order valence-electron chi connectivity index (χ2n) is 6.53. The molecule has 2 aromatic rings. The van der Waals surface area contributed by atoms with E-state index in [1.807, 2.05) is 39.8 Å². The fraction of sp³-hybridized carbons (Fsp3) is 0.353. The van der Waals surface area contributed by atoms with Crippen LogP contribution >= 0.6 is 0 Å². The Balaban J connectivity index is 2.01. The summed E-state index contributed by atoms with van der Waals surface area (Å²) in [5, 5.41) is 0. The lowest BCUT2D eigenvalue weighted by molar-refractivity contribution is 0.00578. The largest absolute Gasteiger partial charge is 0.515 e. The third-order valence-electron chi connectivity index (χ3n) is 4.47. The van der Waals surface area contributed by atoms with E-state index >= 15 is 0 Å². The van der Waals surface area contributed by atoms with Crippen molar-refractivity contribution in [2.45, 2.75) is 38.9 Å². The lowest BCUT2D eigenvalue weighted by Crippen LogP contribution is -2.41. The van der Waals surface area contributed by atoms with Gasteiger partial charge in [0.25, 0.3) is 0 Å². The van der Waals surface area contributed by atoms with Crippen LogP contribution in [0.3, 0.4) is 0 Å². The van der Waals surface area contributed by atoms with E-state index in [-0.39, 0.29) is 5.82 Å². The van der Waals surface area contributed by atoms with Crippen molar-refractivity contribution in [3.63, 3.8) is 0 Å². The standard InChI is InChI=1S/C17H19BFNO2/c1-16(2)17(3,4)22-18(21-16)15-14(6-5-11-20-15)12-7-9-13(19)10-8-12/h5-11H,1-4H3. The Kier molecular flexibility index (Phi) is 3.58. The van der Waals surface area contributed by atoms with Gasteiger partial charge in [-0.15, -0.1) is 0 Å². The van der Waals surface area contributed by atoms with E-state index in [1.54, 1.807) is 18.3 Å². The first-order chi connectivity index (χ1) is 10.3. The van der Waals surface area contributed by atoms with E-state index in [0.717, 1.165) is 11.1 Å². The third kappa shape index (κ3) is 2.55. The maximum Gasteiger partial charge on any atom is 0.515 e. The Labute approximate surface area is 130 Å². The first kappa shape index (κ1) is 15.2. The summed E-state index contributed by atoms with van der Waals surface area (Å²) in [7, 11) is -0.536. The molecule has 0 radical (unpaired) electrons. The van der Waals surface area contributed by atoms with E-state index in [0.29, 0.717) is 5.59 Å². The highest BCUT2D eigenvalue weighted by Gasteiger charge is 2.52. The summed E-state index contributed by atoms with van der Waals surface area (Å²) in [6.45, 7) is 8.03. The molecule has 1 fully saturated rings. The van der Waals surface area contributed by atoms with Gasteiger partial charge in [0, 0.05) is 6.20 Å². The Hall–Kier alpha value is -1.72. The van der Waals surface area contributed by atoms with E-state index in [9.17, 15) is 4.39 Å². The molecule has 0 aliphatic carbocycles. The Morgan fingerprint density at radius 1 is 0.955 bits per heavy atom. The molecule has 0 unspecified atom stereocenters. The molecule has 0 N–H and O–H groups in total. The topological polar surface area (TPSA) is 31.4 Å². The molecule has 0 spiro atoms. The van der Waals surface area contributed by atoms with Gasteiger partial charge in [0.2, 0.25) is 0 Å². The average molecular weight is 299 g/mol. The maximum atomic E-state index is 13.1. The van der Waals surface area contributed by atoms with E-state index < -0.39 is 18.3 Å². The van der Waals surface area contributed by atoms with E-state index in [1.165, 1.54) is 12.1 Å². The zero-order chi connectivity index (χ0) is 16.0. The van der Waals surface area contributed by atoms with Crippen LogP contribution in [0.25, 0.3) is 11.1 Å². The van der Waals surface area contributed by atoms with Crippen LogP contribution in [0, 0.1) is 5.82 Å². The van der Waals surface area contributed by atoms with Gasteiger partial charge in [-0.3, -0.25) is 4.98 Å². The minimum atomic E-state index is -0.536. The van der Waals surface area contributed by atoms with Crippen molar-refractivity contribution in [3.8, 4) is 11.1 Å². The predicted molar refractivity (Wildman–Crippen MR) is 85.3 cm³/mol. The number of hydrogen-bond donors (Lipinski definition) is 0. The zero-order valence-corrected chi connectivity index (χ0v) is 13.3. The molecule has 1 aromatic heterocycles. The van der Waals surface area contributed by atoms with Crippen LogP contribution < -0.4 is 5.59 Å². The molecule has 0 atom stereocenters. The molecule has 1 aliphatic heterocycles. The summed E-state index contributed by atoms with van der Waals surface area (Å²) in [6.07, 6.45) is 1.72. The van der Waals surface area contributed by atoms with Crippen LogP contribution in [-0.4, -0.2) is 23.3 Å². The van der Waals surface area contributed by atoms with Crippen LogP contribution in [0.5, 0.6) is 0 Å². The highest BCUT2D eigenvalue weighted by molar-refractivity contribution is 6.62. The van der Waals surface area contributed by atoms with Gasteiger partial charge in [0.15, 0.2) is 0 Å². The number of aromatic nitrogens is 1. The molecule has 3 nitrogen and oxygen atoms in total. The summed E-state index contributed by atoms with van der Waals surface area (Å²) in [4.78, 5) is 4.45. The molecular formula is C17H19BFNO2. The zero-order valence-electron chi connectivity index (χ0n) is 13.3. The maximum absolute atomic E-state index is 13.1. The van der Waals surface area contributed by atoms with Gasteiger partial charge in [-0.05, 0) is 57.0 Å². The predicted octanol–water partition coefficient (Wildman–Crippen LogP) is 3.19. The van der Waals surface area contributed by atoms with Gasteiger partial charge < -0.3 is 9.31 Å². The second kappa shape index (κ2) is 5.18. The molecule has 114 valence electrons. The number of hydrogen-bond acceptors (Lipinski definition) is 3. The summed E-state index contributed by atoms with van der Waals surface area (Å²) in [5.41, 5.74) is 1.65. The van der Waals surface area contributed by atoms with E-state index in [2.05, 4.69) is 4.98 Å². The summed E-state index contributed by atoms with van der Waals surface area (Å²) < 4.78 is 25.3. The molecule has 3 rings (SSSR count). The minimum absolute atomic E-state index is 0.259. The smallest absolute Gasteiger partial charge is 0.398 e. The first-order valence-electron chi connectivity index (χ1n) is 7.37. The van der Waals surface area contributed by atoms with Crippen LogP contribution in [0.2, 0.25) is 0 Å². The molecular weight excluding hydrogens is 280 g/mol. The van der Waals surface area contributed by atoms with Crippen LogP contribution in [0.1, 0.15) is 27.7 Å². The summed E-state index contributed by atoms with van der Waals surface area (Å²) in [5.74, 6) is -0.259. The van der Waals surface area contributed by atoms with Gasteiger partial charge in [-0.25, -0.2) is 4.39 Å². The number of benzene rings is 1. The van der Waals surface area contributed by atoms with Gasteiger partial charge in [0.1, 0.15) is 5.82 Å². The molecule has 1 saturated heterocycles. The Bertz CT molecular complexity index is 669. The highest BCUT2D eigenvalue weighted by atomic mass is 19.1. The van der Waals surface area contributed by atoms with Crippen molar-refractivity contribution in [3.05, 3.63) is 48.4 Å². The normalized spacial score (nSPS) is 19.4. The van der Waals surface area contributed by atoms with Gasteiger partial charge in [-0.2, -0.15) is 0 Å². The fourth-order valence-electron chi connectivity index (χ4n) is 2.43. The van der Waals surface area contributed by atoms with Crippen molar-refractivity contribution in [2.24, 2.45) is 0 Å². The SMILES string of the molecule is CC1(C)OB(c2ncccc2-c2ccc(F)cc2)OC1(C)C. The molecule has 0 amide bonds. The van der Waals surface area contributed by atoms with Crippen molar-refractivity contribution >= 4 is 12.7 Å². The Morgan fingerprint density at radius 2 is 1.55 bits per heavy atom. The molecule has 1 aromatic carbocycles. The second-order valence-corrected chi connectivity index (χ2v) is 6.53. The molecule has 1 aliphatic rings. The molecule has 2 heterocycles. The Morgan fingerprint density at radius 3 is 2.14 bits per heavy atom. The average Bonchev–Trinajstić information content (AvgIpc) is 2.68. The number of nitrogens with zero attached hydrogens (tertiary/aromatic N) is 1. The molecule has 5 heteroatoms.